The number of carbonyl (C=O) groups is 2. The Balaban J connectivity index is 0.000000539. The van der Waals surface area contributed by atoms with Crippen LogP contribution in [0.2, 0.25) is 0 Å². The van der Waals surface area contributed by atoms with Crippen LogP contribution in [0.3, 0.4) is 0 Å². The van der Waals surface area contributed by atoms with Crippen LogP contribution in [0.25, 0.3) is 0 Å². The number of aliphatic hydroxyl groups is 1. The van der Waals surface area contributed by atoms with Crippen LogP contribution in [0.1, 0.15) is 31.8 Å². The third-order valence-electron chi connectivity index (χ3n) is 3.60. The summed E-state index contributed by atoms with van der Waals surface area (Å²) in [6, 6.07) is 3.36. The number of nitrogens with zero attached hydrogens (tertiary/aromatic N) is 2. The molecule has 2 N–H and O–H groups in total. The van der Waals surface area contributed by atoms with Crippen molar-refractivity contribution in [2.45, 2.75) is 13.8 Å². The lowest BCUT2D eigenvalue weighted by molar-refractivity contribution is -0.385. The van der Waals surface area contributed by atoms with Crippen molar-refractivity contribution in [2.75, 3.05) is 14.2 Å². The molecule has 0 fully saturated rings. The number of nitro groups is 2. The van der Waals surface area contributed by atoms with Gasteiger partial charge in [0.15, 0.2) is 0 Å². The Kier molecular flexibility index (Phi) is 10.3. The number of aryl methyl sites for hydroxylation is 2. The molecule has 2 aromatic carbocycles. The fraction of sp³-hybridized carbons (Fsp3) is 0.222. The summed E-state index contributed by atoms with van der Waals surface area (Å²) in [6.07, 6.45) is 0. The van der Waals surface area contributed by atoms with E-state index >= 15 is 0 Å². The molecular formula is C18H18F2N2O9. The van der Waals surface area contributed by atoms with Gasteiger partial charge in [-0.3, -0.25) is 20.2 Å². The zero-order valence-electron chi connectivity index (χ0n) is 16.7. The van der Waals surface area contributed by atoms with E-state index in [1.165, 1.54) is 13.8 Å². The van der Waals surface area contributed by atoms with E-state index < -0.39 is 50.2 Å². The van der Waals surface area contributed by atoms with Crippen LogP contribution in [0.15, 0.2) is 24.3 Å². The summed E-state index contributed by atoms with van der Waals surface area (Å²) in [7, 11) is 2.08. The molecule has 0 aliphatic rings. The summed E-state index contributed by atoms with van der Waals surface area (Å²) < 4.78 is 30.4. The number of carboxylic acids is 1. The molecular weight excluding hydrogens is 426 g/mol. The molecule has 0 heterocycles. The van der Waals surface area contributed by atoms with Gasteiger partial charge in [0, 0.05) is 30.4 Å². The first-order valence-electron chi connectivity index (χ1n) is 8.06. The van der Waals surface area contributed by atoms with Crippen molar-refractivity contribution in [3.63, 3.8) is 0 Å². The summed E-state index contributed by atoms with van der Waals surface area (Å²) in [5.41, 5.74) is -1.58. The maximum absolute atomic E-state index is 13.2. The van der Waals surface area contributed by atoms with Gasteiger partial charge in [0.25, 0.3) is 11.4 Å². The summed E-state index contributed by atoms with van der Waals surface area (Å²) in [4.78, 5) is 41.0. The van der Waals surface area contributed by atoms with Crippen LogP contribution in [0, 0.1) is 45.7 Å². The molecule has 0 amide bonds. The highest BCUT2D eigenvalue weighted by Crippen LogP contribution is 2.23. The van der Waals surface area contributed by atoms with E-state index in [0.717, 1.165) is 32.4 Å². The Morgan fingerprint density at radius 3 is 1.55 bits per heavy atom. The number of halogens is 2. The van der Waals surface area contributed by atoms with Gasteiger partial charge in [-0.25, -0.2) is 18.4 Å². The predicted molar refractivity (Wildman–Crippen MR) is 102 cm³/mol. The SMILES string of the molecule is CO.COC(=O)c1cc([N+](=O)[O-])c(C)cc1F.Cc1cc(F)c(C(=O)O)cc1[N+](=O)[O-]. The first kappa shape index (κ1) is 27.0. The Morgan fingerprint density at radius 1 is 0.871 bits per heavy atom. The van der Waals surface area contributed by atoms with Gasteiger partial charge >= 0.3 is 11.9 Å². The maximum atomic E-state index is 13.2. The molecule has 0 bridgehead atoms. The van der Waals surface area contributed by atoms with Gasteiger partial charge in [0.2, 0.25) is 0 Å². The van der Waals surface area contributed by atoms with Crippen LogP contribution in [-0.2, 0) is 4.74 Å². The fourth-order valence-corrected chi connectivity index (χ4v) is 2.15. The lowest BCUT2D eigenvalue weighted by atomic mass is 10.1. The van der Waals surface area contributed by atoms with E-state index in [9.17, 15) is 38.6 Å². The van der Waals surface area contributed by atoms with Gasteiger partial charge in [0.1, 0.15) is 22.8 Å². The second kappa shape index (κ2) is 11.9. The molecule has 0 aliphatic carbocycles. The van der Waals surface area contributed by atoms with Gasteiger partial charge in [-0.2, -0.15) is 0 Å². The standard InChI is InChI=1S/C9H8FNO4.C8H6FNO4.CH4O/c1-5-3-7(10)6(9(12)15-2)4-8(5)11(13)14;1-4-2-6(9)5(8(11)12)3-7(4)10(13)14;1-2/h3-4H,1-2H3;2-3H,1H3,(H,11,12);2H,1H3. The van der Waals surface area contributed by atoms with Crippen molar-refractivity contribution in [2.24, 2.45) is 0 Å². The van der Waals surface area contributed by atoms with E-state index in [0.29, 0.717) is 6.07 Å². The molecule has 0 atom stereocenters. The van der Waals surface area contributed by atoms with Gasteiger partial charge in [-0.1, -0.05) is 0 Å². The summed E-state index contributed by atoms with van der Waals surface area (Å²) in [6.45, 7) is 2.73. The fourth-order valence-electron chi connectivity index (χ4n) is 2.15. The van der Waals surface area contributed by atoms with E-state index in [1.54, 1.807) is 0 Å². The minimum atomic E-state index is -1.52. The van der Waals surface area contributed by atoms with E-state index in [4.69, 9.17) is 10.2 Å². The molecule has 2 aromatic rings. The number of nitro benzene ring substituents is 2. The average molecular weight is 444 g/mol. The quantitative estimate of drug-likeness (QED) is 0.408. The highest BCUT2D eigenvalue weighted by atomic mass is 19.1. The average Bonchev–Trinajstić information content (AvgIpc) is 2.68. The van der Waals surface area contributed by atoms with E-state index in [-0.39, 0.29) is 16.8 Å². The zero-order chi connectivity index (χ0) is 24.5. The number of methoxy groups -OCH3 is 1. The first-order chi connectivity index (χ1) is 14.4. The van der Waals surface area contributed by atoms with Crippen molar-refractivity contribution in [1.29, 1.82) is 0 Å². The molecule has 168 valence electrons. The third kappa shape index (κ3) is 7.08. The number of aliphatic hydroxyl groups excluding tert-OH is 1. The Labute approximate surface area is 173 Å². The van der Waals surface area contributed by atoms with Crippen molar-refractivity contribution in [3.05, 3.63) is 78.4 Å². The van der Waals surface area contributed by atoms with E-state index in [1.807, 2.05) is 0 Å². The molecule has 0 spiro atoms. The summed E-state index contributed by atoms with van der Waals surface area (Å²) in [5.74, 6) is -4.26. The smallest absolute Gasteiger partial charge is 0.341 e. The highest BCUT2D eigenvalue weighted by Gasteiger charge is 2.20. The largest absolute Gasteiger partial charge is 0.478 e. The molecule has 0 radical (unpaired) electrons. The molecule has 0 unspecified atom stereocenters. The number of hydrogen-bond acceptors (Lipinski definition) is 8. The topological polar surface area (TPSA) is 170 Å². The van der Waals surface area contributed by atoms with Crippen LogP contribution >= 0.6 is 0 Å². The van der Waals surface area contributed by atoms with Crippen molar-refractivity contribution < 1.29 is 43.2 Å². The molecule has 11 nitrogen and oxygen atoms in total. The molecule has 13 heteroatoms. The summed E-state index contributed by atoms with van der Waals surface area (Å²) in [5, 5.41) is 36.4. The number of carbonyl (C=O) groups excluding carboxylic acids is 1. The number of hydrogen-bond donors (Lipinski definition) is 2. The van der Waals surface area contributed by atoms with Crippen LogP contribution < -0.4 is 0 Å². The summed E-state index contributed by atoms with van der Waals surface area (Å²) >= 11 is 0. The zero-order valence-corrected chi connectivity index (χ0v) is 16.7. The second-order valence-corrected chi connectivity index (χ2v) is 5.55. The lowest BCUT2D eigenvalue weighted by Crippen LogP contribution is -2.06. The van der Waals surface area contributed by atoms with E-state index in [2.05, 4.69) is 4.74 Å². The lowest BCUT2D eigenvalue weighted by Gasteiger charge is -2.02. The van der Waals surface area contributed by atoms with Crippen LogP contribution in [0.4, 0.5) is 20.2 Å². The molecule has 0 saturated carbocycles. The predicted octanol–water partition coefficient (Wildman–Crippen LogP) is 3.18. The number of esters is 1. The van der Waals surface area contributed by atoms with Crippen molar-refractivity contribution in [1.82, 2.24) is 0 Å². The minimum absolute atomic E-state index is 0.0949. The van der Waals surface area contributed by atoms with Crippen molar-refractivity contribution in [3.8, 4) is 0 Å². The number of aromatic carboxylic acids is 1. The molecule has 0 saturated heterocycles. The highest BCUT2D eigenvalue weighted by molar-refractivity contribution is 5.90. The number of carboxylic acid groups (broad SMARTS) is 1. The second-order valence-electron chi connectivity index (χ2n) is 5.55. The maximum Gasteiger partial charge on any atom is 0.341 e. The first-order valence-corrected chi connectivity index (χ1v) is 8.06. The van der Waals surface area contributed by atoms with Gasteiger partial charge < -0.3 is 14.9 Å². The Hall–Kier alpha value is -4.00. The van der Waals surface area contributed by atoms with Gasteiger partial charge in [-0.15, -0.1) is 0 Å². The van der Waals surface area contributed by atoms with Crippen LogP contribution in [-0.4, -0.2) is 46.2 Å². The molecule has 0 aromatic heterocycles. The monoisotopic (exact) mass is 444 g/mol. The van der Waals surface area contributed by atoms with Crippen LogP contribution in [0.5, 0.6) is 0 Å². The number of rotatable bonds is 4. The normalized spacial score (nSPS) is 9.39. The number of benzene rings is 2. The number of ether oxygens (including phenoxy) is 1. The Bertz CT molecular complexity index is 975. The molecule has 0 aliphatic heterocycles. The third-order valence-corrected chi connectivity index (χ3v) is 3.60. The van der Waals surface area contributed by atoms with Gasteiger partial charge in [-0.05, 0) is 26.0 Å². The molecule has 2 rings (SSSR count). The minimum Gasteiger partial charge on any atom is -0.478 e. The van der Waals surface area contributed by atoms with Crippen molar-refractivity contribution >= 4 is 23.3 Å². The Morgan fingerprint density at radius 2 is 1.23 bits per heavy atom. The van der Waals surface area contributed by atoms with Gasteiger partial charge in [0.05, 0.1) is 17.0 Å². The molecule has 31 heavy (non-hydrogen) atoms.